The lowest BCUT2D eigenvalue weighted by Crippen LogP contribution is -2.35. The Labute approximate surface area is 147 Å². The number of ether oxygens (including phenoxy) is 1. The molecule has 0 fully saturated rings. The molecule has 2 aromatic rings. The van der Waals surface area contributed by atoms with E-state index in [1.807, 2.05) is 10.7 Å². The summed E-state index contributed by atoms with van der Waals surface area (Å²) in [7, 11) is 0. The van der Waals surface area contributed by atoms with Crippen LogP contribution in [-0.2, 0) is 13.1 Å². The minimum absolute atomic E-state index is 0.436. The second-order valence-electron chi connectivity index (χ2n) is 6.33. The number of aliphatic hydroxyl groups is 1. The zero-order chi connectivity index (χ0) is 17.8. The van der Waals surface area contributed by atoms with Gasteiger partial charge in [0.2, 0.25) is 5.91 Å². The number of hydrogen-bond acceptors (Lipinski definition) is 5. The molecule has 25 heavy (non-hydrogen) atoms. The van der Waals surface area contributed by atoms with Gasteiger partial charge in [-0.2, -0.15) is 5.10 Å². The number of benzene rings is 1. The summed E-state index contributed by atoms with van der Waals surface area (Å²) < 4.78 is 7.69. The van der Waals surface area contributed by atoms with Gasteiger partial charge in [-0.15, -0.1) is 0 Å². The molecule has 2 heterocycles. The van der Waals surface area contributed by atoms with Gasteiger partial charge < -0.3 is 15.6 Å². The third-order valence-corrected chi connectivity index (χ3v) is 4.35. The molecule has 1 aromatic carbocycles. The maximum absolute atomic E-state index is 11.0. The molecule has 0 spiro atoms. The van der Waals surface area contributed by atoms with E-state index >= 15 is 0 Å². The molecular formula is C18H24N4O3. The molecule has 1 aromatic heterocycles. The van der Waals surface area contributed by atoms with Crippen LogP contribution in [-0.4, -0.2) is 45.4 Å². The molecule has 0 aliphatic carbocycles. The van der Waals surface area contributed by atoms with Crippen LogP contribution in [0, 0.1) is 0 Å². The molecule has 0 bridgehead atoms. The highest BCUT2D eigenvalue weighted by molar-refractivity contribution is 5.92. The third-order valence-electron chi connectivity index (χ3n) is 4.35. The fourth-order valence-corrected chi connectivity index (χ4v) is 2.93. The first-order valence-electron chi connectivity index (χ1n) is 8.52. The van der Waals surface area contributed by atoms with Crippen molar-refractivity contribution in [3.8, 4) is 5.75 Å². The molecule has 134 valence electrons. The van der Waals surface area contributed by atoms with Crippen LogP contribution in [0.2, 0.25) is 0 Å². The Morgan fingerprint density at radius 2 is 2.12 bits per heavy atom. The molecule has 1 amide bonds. The topological polar surface area (TPSA) is 93.6 Å². The summed E-state index contributed by atoms with van der Waals surface area (Å²) in [6.07, 6.45) is 0.385. The first kappa shape index (κ1) is 17.4. The van der Waals surface area contributed by atoms with Crippen LogP contribution in [0.25, 0.3) is 0 Å². The van der Waals surface area contributed by atoms with Crippen molar-refractivity contribution in [3.63, 3.8) is 0 Å². The van der Waals surface area contributed by atoms with E-state index in [0.717, 1.165) is 49.7 Å². The summed E-state index contributed by atoms with van der Waals surface area (Å²) in [5.74, 6) is 0.304. The molecule has 3 rings (SSSR count). The van der Waals surface area contributed by atoms with Gasteiger partial charge in [0.25, 0.3) is 0 Å². The smallest absolute Gasteiger partial charge is 0.248 e. The minimum atomic E-state index is -0.527. The molecular weight excluding hydrogens is 320 g/mol. The molecule has 1 aliphatic heterocycles. The number of primary amides is 1. The van der Waals surface area contributed by atoms with Crippen LogP contribution in [0.3, 0.4) is 0 Å². The number of amides is 1. The Bertz CT molecular complexity index is 724. The lowest BCUT2D eigenvalue weighted by atomic mass is 10.2. The summed E-state index contributed by atoms with van der Waals surface area (Å²) in [6, 6.07) is 8.84. The first-order valence-corrected chi connectivity index (χ1v) is 8.52. The summed E-state index contributed by atoms with van der Waals surface area (Å²) in [6.45, 7) is 5.92. The highest BCUT2D eigenvalue weighted by atomic mass is 16.5. The standard InChI is InChI=1S/C18H24N4O3/c1-13(23)17-11-15-12-21(8-9-22(15)20-17)7-2-10-25-16-5-3-14(4-6-16)18(19)24/h3-6,11,13,23H,2,7-10,12H2,1H3,(H2,19,24)/t13-/m1/s1. The maximum Gasteiger partial charge on any atom is 0.248 e. The Hall–Kier alpha value is -2.38. The van der Waals surface area contributed by atoms with Gasteiger partial charge in [-0.25, -0.2) is 0 Å². The molecule has 7 nitrogen and oxygen atoms in total. The number of aliphatic hydroxyl groups excluding tert-OH is 1. The lowest BCUT2D eigenvalue weighted by Gasteiger charge is -2.27. The Balaban J connectivity index is 1.43. The number of carbonyl (C=O) groups excluding carboxylic acids is 1. The van der Waals surface area contributed by atoms with Gasteiger partial charge in [0.1, 0.15) is 5.75 Å². The van der Waals surface area contributed by atoms with Crippen LogP contribution in [0.4, 0.5) is 0 Å². The van der Waals surface area contributed by atoms with Gasteiger partial charge in [0.15, 0.2) is 0 Å². The SMILES string of the molecule is C[C@@H](O)c1cc2n(n1)CCN(CCCOc1ccc(C(N)=O)cc1)C2. The number of hydrogen-bond donors (Lipinski definition) is 2. The van der Waals surface area contributed by atoms with Gasteiger partial charge >= 0.3 is 0 Å². The Morgan fingerprint density at radius 1 is 1.36 bits per heavy atom. The monoisotopic (exact) mass is 344 g/mol. The fourth-order valence-electron chi connectivity index (χ4n) is 2.93. The van der Waals surface area contributed by atoms with Crippen molar-refractivity contribution in [3.05, 3.63) is 47.3 Å². The van der Waals surface area contributed by atoms with Crippen LogP contribution < -0.4 is 10.5 Å². The zero-order valence-corrected chi connectivity index (χ0v) is 14.4. The van der Waals surface area contributed by atoms with E-state index in [0.29, 0.717) is 12.2 Å². The van der Waals surface area contributed by atoms with Crippen LogP contribution >= 0.6 is 0 Å². The van der Waals surface area contributed by atoms with Crippen molar-refractivity contribution >= 4 is 5.91 Å². The Kier molecular flexibility index (Phi) is 5.35. The Morgan fingerprint density at radius 3 is 2.80 bits per heavy atom. The number of nitrogens with zero attached hydrogens (tertiary/aromatic N) is 3. The van der Waals surface area contributed by atoms with E-state index in [1.165, 1.54) is 0 Å². The van der Waals surface area contributed by atoms with E-state index < -0.39 is 12.0 Å². The van der Waals surface area contributed by atoms with E-state index in [4.69, 9.17) is 10.5 Å². The van der Waals surface area contributed by atoms with Crippen molar-refractivity contribution in [2.75, 3.05) is 19.7 Å². The summed E-state index contributed by atoms with van der Waals surface area (Å²) in [5.41, 5.74) is 7.57. The predicted molar refractivity (Wildman–Crippen MR) is 93.2 cm³/mol. The van der Waals surface area contributed by atoms with Gasteiger partial charge in [-0.05, 0) is 43.7 Å². The van der Waals surface area contributed by atoms with Crippen LogP contribution in [0.15, 0.2) is 30.3 Å². The third kappa shape index (κ3) is 4.37. The average Bonchev–Trinajstić information content (AvgIpc) is 3.03. The summed E-state index contributed by atoms with van der Waals surface area (Å²) in [5, 5.41) is 14.1. The van der Waals surface area contributed by atoms with Gasteiger partial charge in [-0.3, -0.25) is 14.4 Å². The first-order chi connectivity index (χ1) is 12.0. The van der Waals surface area contributed by atoms with E-state index in [-0.39, 0.29) is 0 Å². The summed E-state index contributed by atoms with van der Waals surface area (Å²) in [4.78, 5) is 13.4. The van der Waals surface area contributed by atoms with Crippen LogP contribution in [0.5, 0.6) is 5.75 Å². The zero-order valence-electron chi connectivity index (χ0n) is 14.4. The second-order valence-corrected chi connectivity index (χ2v) is 6.33. The van der Waals surface area contributed by atoms with Crippen molar-refractivity contribution in [2.45, 2.75) is 32.5 Å². The molecule has 0 unspecified atom stereocenters. The molecule has 7 heteroatoms. The highest BCUT2D eigenvalue weighted by Crippen LogP contribution is 2.18. The van der Waals surface area contributed by atoms with Crippen molar-refractivity contribution in [1.29, 1.82) is 0 Å². The van der Waals surface area contributed by atoms with Crippen molar-refractivity contribution < 1.29 is 14.6 Å². The van der Waals surface area contributed by atoms with Crippen molar-refractivity contribution in [2.24, 2.45) is 5.73 Å². The minimum Gasteiger partial charge on any atom is -0.494 e. The molecule has 0 saturated heterocycles. The second kappa shape index (κ2) is 7.67. The van der Waals surface area contributed by atoms with E-state index in [1.54, 1.807) is 31.2 Å². The number of rotatable bonds is 7. The molecule has 3 N–H and O–H groups in total. The molecule has 1 aliphatic rings. The number of carbonyl (C=O) groups is 1. The molecule has 0 radical (unpaired) electrons. The van der Waals surface area contributed by atoms with E-state index in [9.17, 15) is 9.90 Å². The van der Waals surface area contributed by atoms with Gasteiger partial charge in [-0.1, -0.05) is 0 Å². The van der Waals surface area contributed by atoms with Crippen molar-refractivity contribution in [1.82, 2.24) is 14.7 Å². The normalized spacial score (nSPS) is 15.6. The summed E-state index contributed by atoms with van der Waals surface area (Å²) >= 11 is 0. The lowest BCUT2D eigenvalue weighted by molar-refractivity contribution is 0.1000. The van der Waals surface area contributed by atoms with Gasteiger partial charge in [0.05, 0.1) is 30.6 Å². The molecule has 1 atom stereocenters. The predicted octanol–water partition coefficient (Wildman–Crippen LogP) is 1.32. The number of fused-ring (bicyclic) bond motifs is 1. The highest BCUT2D eigenvalue weighted by Gasteiger charge is 2.19. The molecule has 0 saturated carbocycles. The number of aromatic nitrogens is 2. The number of nitrogens with two attached hydrogens (primary N) is 1. The van der Waals surface area contributed by atoms with E-state index in [2.05, 4.69) is 10.00 Å². The van der Waals surface area contributed by atoms with Gasteiger partial charge in [0, 0.05) is 25.2 Å². The maximum atomic E-state index is 11.0. The largest absolute Gasteiger partial charge is 0.494 e. The van der Waals surface area contributed by atoms with Crippen LogP contribution in [0.1, 0.15) is 41.2 Å². The fraction of sp³-hybridized carbons (Fsp3) is 0.444. The average molecular weight is 344 g/mol. The quantitative estimate of drug-likeness (QED) is 0.739.